The molecule has 0 spiro atoms. The number of ether oxygens (including phenoxy) is 1. The lowest BCUT2D eigenvalue weighted by Crippen LogP contribution is -2.39. The van der Waals surface area contributed by atoms with Crippen LogP contribution in [0.25, 0.3) is 0 Å². The van der Waals surface area contributed by atoms with Crippen LogP contribution in [0.5, 0.6) is 0 Å². The highest BCUT2D eigenvalue weighted by Gasteiger charge is 2.14. The van der Waals surface area contributed by atoms with Gasteiger partial charge in [0, 0.05) is 6.54 Å². The summed E-state index contributed by atoms with van der Waals surface area (Å²) in [4.78, 5) is 11.6. The molecule has 0 aliphatic carbocycles. The first kappa shape index (κ1) is 13.7. The summed E-state index contributed by atoms with van der Waals surface area (Å²) in [5, 5.41) is 12.0. The van der Waals surface area contributed by atoms with Crippen molar-refractivity contribution >= 4 is 5.97 Å². The summed E-state index contributed by atoms with van der Waals surface area (Å²) in [5.74, 6) is -0.311. The molecular formula is C13H19NO3. The Morgan fingerprint density at radius 1 is 1.35 bits per heavy atom. The van der Waals surface area contributed by atoms with Crippen molar-refractivity contribution in [3.8, 4) is 0 Å². The lowest BCUT2D eigenvalue weighted by atomic mass is 10.2. The highest BCUT2D eigenvalue weighted by atomic mass is 16.5. The lowest BCUT2D eigenvalue weighted by molar-refractivity contribution is -0.147. The van der Waals surface area contributed by atoms with Crippen LogP contribution in [0.3, 0.4) is 0 Å². The second-order valence-electron chi connectivity index (χ2n) is 4.07. The molecule has 0 amide bonds. The number of benzene rings is 1. The van der Waals surface area contributed by atoms with Gasteiger partial charge in [0.05, 0.1) is 6.10 Å². The van der Waals surface area contributed by atoms with E-state index in [0.717, 1.165) is 5.56 Å². The second-order valence-corrected chi connectivity index (χ2v) is 4.07. The number of hydrogen-bond acceptors (Lipinski definition) is 4. The van der Waals surface area contributed by atoms with E-state index in [2.05, 4.69) is 5.32 Å². The zero-order chi connectivity index (χ0) is 12.7. The Hall–Kier alpha value is -1.39. The van der Waals surface area contributed by atoms with Crippen LogP contribution in [0.2, 0.25) is 0 Å². The molecule has 0 bridgehead atoms. The second kappa shape index (κ2) is 7.04. The van der Waals surface area contributed by atoms with Crippen molar-refractivity contribution in [3.63, 3.8) is 0 Å². The molecule has 17 heavy (non-hydrogen) atoms. The number of carbonyl (C=O) groups excluding carboxylic acids is 1. The number of esters is 1. The molecule has 0 radical (unpaired) electrons. The van der Waals surface area contributed by atoms with Crippen LogP contribution in [0, 0.1) is 0 Å². The van der Waals surface area contributed by atoms with Crippen LogP contribution in [0.1, 0.15) is 19.4 Å². The molecular weight excluding hydrogens is 218 g/mol. The van der Waals surface area contributed by atoms with Gasteiger partial charge in [-0.05, 0) is 19.4 Å². The van der Waals surface area contributed by atoms with Gasteiger partial charge in [-0.25, -0.2) is 0 Å². The molecule has 1 rings (SSSR count). The molecule has 0 aromatic heterocycles. The minimum absolute atomic E-state index is 0.278. The normalized spacial score (nSPS) is 14.1. The predicted molar refractivity (Wildman–Crippen MR) is 65.4 cm³/mol. The zero-order valence-electron chi connectivity index (χ0n) is 10.2. The molecule has 0 heterocycles. The van der Waals surface area contributed by atoms with Gasteiger partial charge in [0.2, 0.25) is 0 Å². The van der Waals surface area contributed by atoms with E-state index in [0.29, 0.717) is 6.54 Å². The van der Waals surface area contributed by atoms with Gasteiger partial charge in [0.1, 0.15) is 12.6 Å². The fourth-order valence-electron chi connectivity index (χ4n) is 1.28. The Morgan fingerprint density at radius 3 is 2.59 bits per heavy atom. The lowest BCUT2D eigenvalue weighted by Gasteiger charge is -2.14. The summed E-state index contributed by atoms with van der Waals surface area (Å²) in [5.41, 5.74) is 0.962. The van der Waals surface area contributed by atoms with E-state index < -0.39 is 12.1 Å². The molecule has 0 saturated carbocycles. The number of rotatable bonds is 6. The Morgan fingerprint density at radius 2 is 2.00 bits per heavy atom. The number of aliphatic hydroxyl groups is 1. The molecule has 1 aromatic carbocycles. The fourth-order valence-corrected chi connectivity index (χ4v) is 1.28. The van der Waals surface area contributed by atoms with Gasteiger partial charge < -0.3 is 15.2 Å². The van der Waals surface area contributed by atoms with Crippen molar-refractivity contribution in [2.45, 2.75) is 32.6 Å². The average Bonchev–Trinajstić information content (AvgIpc) is 2.34. The first-order valence-corrected chi connectivity index (χ1v) is 5.71. The molecule has 4 heteroatoms. The van der Waals surface area contributed by atoms with Gasteiger partial charge in [0.15, 0.2) is 0 Å². The molecule has 1 aromatic rings. The Balaban J connectivity index is 2.29. The monoisotopic (exact) mass is 237 g/mol. The zero-order valence-corrected chi connectivity index (χ0v) is 10.2. The molecule has 0 aliphatic heterocycles. The molecule has 0 aliphatic rings. The number of nitrogens with one attached hydrogen (secondary N) is 1. The van der Waals surface area contributed by atoms with Gasteiger partial charge in [-0.15, -0.1) is 0 Å². The Labute approximate surface area is 102 Å². The van der Waals surface area contributed by atoms with Crippen molar-refractivity contribution in [2.24, 2.45) is 0 Å². The summed E-state index contributed by atoms with van der Waals surface area (Å²) < 4.78 is 5.14. The Kier molecular flexibility index (Phi) is 5.66. The number of carbonyl (C=O) groups is 1. The molecule has 2 N–H and O–H groups in total. The number of hydrogen-bond donors (Lipinski definition) is 2. The standard InChI is InChI=1S/C13H19NO3/c1-10(15)8-14-11(2)13(16)17-9-12-6-4-3-5-7-12/h3-7,10-11,14-15H,8-9H2,1-2H3/t10?,11-/m0/s1. The molecule has 0 saturated heterocycles. The molecule has 4 nitrogen and oxygen atoms in total. The van der Waals surface area contributed by atoms with E-state index in [4.69, 9.17) is 9.84 Å². The van der Waals surface area contributed by atoms with Crippen LogP contribution in [-0.4, -0.2) is 29.8 Å². The van der Waals surface area contributed by atoms with Crippen molar-refractivity contribution in [1.82, 2.24) is 5.32 Å². The van der Waals surface area contributed by atoms with Crippen molar-refractivity contribution in [1.29, 1.82) is 0 Å². The van der Waals surface area contributed by atoms with E-state index in [9.17, 15) is 4.79 Å². The Bertz CT molecular complexity index is 338. The average molecular weight is 237 g/mol. The van der Waals surface area contributed by atoms with E-state index in [1.807, 2.05) is 30.3 Å². The molecule has 0 fully saturated rings. The van der Waals surface area contributed by atoms with Crippen molar-refractivity contribution < 1.29 is 14.6 Å². The quantitative estimate of drug-likeness (QED) is 0.727. The predicted octanol–water partition coefficient (Wildman–Crippen LogP) is 1.09. The van der Waals surface area contributed by atoms with Crippen LogP contribution in [0.4, 0.5) is 0 Å². The molecule has 94 valence electrons. The largest absolute Gasteiger partial charge is 0.460 e. The third kappa shape index (κ3) is 5.47. The third-order valence-electron chi connectivity index (χ3n) is 2.30. The summed E-state index contributed by atoms with van der Waals surface area (Å²) in [6.07, 6.45) is -0.473. The van der Waals surface area contributed by atoms with Crippen molar-refractivity contribution in [2.75, 3.05) is 6.54 Å². The van der Waals surface area contributed by atoms with Gasteiger partial charge in [0.25, 0.3) is 0 Å². The highest BCUT2D eigenvalue weighted by Crippen LogP contribution is 2.01. The first-order valence-electron chi connectivity index (χ1n) is 5.71. The van der Waals surface area contributed by atoms with Crippen LogP contribution in [-0.2, 0) is 16.1 Å². The summed E-state index contributed by atoms with van der Waals surface area (Å²) in [6, 6.07) is 9.12. The highest BCUT2D eigenvalue weighted by molar-refractivity contribution is 5.75. The maximum Gasteiger partial charge on any atom is 0.323 e. The minimum atomic E-state index is -0.473. The van der Waals surface area contributed by atoms with Gasteiger partial charge in [-0.3, -0.25) is 4.79 Å². The van der Waals surface area contributed by atoms with E-state index in [1.165, 1.54) is 0 Å². The van der Waals surface area contributed by atoms with E-state index in [1.54, 1.807) is 13.8 Å². The first-order chi connectivity index (χ1) is 8.09. The van der Waals surface area contributed by atoms with Crippen LogP contribution >= 0.6 is 0 Å². The topological polar surface area (TPSA) is 58.6 Å². The summed E-state index contributed by atoms with van der Waals surface area (Å²) in [7, 11) is 0. The SMILES string of the molecule is CC(O)CN[C@@H](C)C(=O)OCc1ccccc1. The van der Waals surface area contributed by atoms with Gasteiger partial charge in [-0.1, -0.05) is 30.3 Å². The minimum Gasteiger partial charge on any atom is -0.460 e. The van der Waals surface area contributed by atoms with Gasteiger partial charge in [-0.2, -0.15) is 0 Å². The van der Waals surface area contributed by atoms with Crippen LogP contribution in [0.15, 0.2) is 30.3 Å². The molecule has 2 atom stereocenters. The number of aliphatic hydroxyl groups excluding tert-OH is 1. The van der Waals surface area contributed by atoms with E-state index in [-0.39, 0.29) is 12.6 Å². The van der Waals surface area contributed by atoms with Gasteiger partial charge >= 0.3 is 5.97 Å². The third-order valence-corrected chi connectivity index (χ3v) is 2.30. The van der Waals surface area contributed by atoms with Crippen LogP contribution < -0.4 is 5.32 Å². The maximum absolute atomic E-state index is 11.6. The summed E-state index contributed by atoms with van der Waals surface area (Å²) >= 11 is 0. The summed E-state index contributed by atoms with van der Waals surface area (Å²) in [6.45, 7) is 4.03. The smallest absolute Gasteiger partial charge is 0.323 e. The fraction of sp³-hybridized carbons (Fsp3) is 0.462. The van der Waals surface area contributed by atoms with Crippen molar-refractivity contribution in [3.05, 3.63) is 35.9 Å². The molecule has 1 unspecified atom stereocenters. The van der Waals surface area contributed by atoms with E-state index >= 15 is 0 Å². The maximum atomic E-state index is 11.6.